The summed E-state index contributed by atoms with van der Waals surface area (Å²) in [6.07, 6.45) is -0.0132. The highest BCUT2D eigenvalue weighted by atomic mass is 16.5. The Labute approximate surface area is 160 Å². The highest BCUT2D eigenvalue weighted by Crippen LogP contribution is 2.39. The Kier molecular flexibility index (Phi) is 7.34. The Bertz CT molecular complexity index is 775. The molecule has 0 aliphatic carbocycles. The number of benzene rings is 2. The molecule has 6 nitrogen and oxygen atoms in total. The molecule has 0 aromatic heterocycles. The van der Waals surface area contributed by atoms with Crippen LogP contribution in [0.1, 0.15) is 24.5 Å². The SMILES string of the molecule is CCC(Oc1ccccc1C)C(=O)NCc1ccc(OC)c(OC)c1OC. The van der Waals surface area contributed by atoms with Crippen LogP contribution in [0.5, 0.6) is 23.0 Å². The summed E-state index contributed by atoms with van der Waals surface area (Å²) in [5.74, 6) is 2.12. The number of nitrogens with one attached hydrogen (secondary N) is 1. The van der Waals surface area contributed by atoms with Crippen LogP contribution < -0.4 is 24.3 Å². The van der Waals surface area contributed by atoms with Crippen LogP contribution in [0, 0.1) is 6.92 Å². The van der Waals surface area contributed by atoms with Crippen molar-refractivity contribution in [1.29, 1.82) is 0 Å². The highest BCUT2D eigenvalue weighted by molar-refractivity contribution is 5.81. The molecule has 0 bridgehead atoms. The number of ether oxygens (including phenoxy) is 4. The number of amides is 1. The van der Waals surface area contributed by atoms with Gasteiger partial charge < -0.3 is 24.3 Å². The summed E-state index contributed by atoms with van der Waals surface area (Å²) in [6.45, 7) is 4.16. The summed E-state index contributed by atoms with van der Waals surface area (Å²) < 4.78 is 22.0. The van der Waals surface area contributed by atoms with E-state index in [4.69, 9.17) is 18.9 Å². The van der Waals surface area contributed by atoms with E-state index >= 15 is 0 Å². The Hall–Kier alpha value is -2.89. The fraction of sp³-hybridized carbons (Fsp3) is 0.381. The first-order chi connectivity index (χ1) is 13.0. The zero-order valence-corrected chi connectivity index (χ0v) is 16.5. The van der Waals surface area contributed by atoms with E-state index in [9.17, 15) is 4.79 Å². The van der Waals surface area contributed by atoms with Gasteiger partial charge in [0.05, 0.1) is 21.3 Å². The summed E-state index contributed by atoms with van der Waals surface area (Å²) in [7, 11) is 4.66. The number of rotatable bonds is 9. The molecular weight excluding hydrogens is 346 g/mol. The fourth-order valence-electron chi connectivity index (χ4n) is 2.76. The third-order valence-electron chi connectivity index (χ3n) is 4.26. The lowest BCUT2D eigenvalue weighted by molar-refractivity contribution is -0.128. The molecule has 0 saturated heterocycles. The maximum absolute atomic E-state index is 12.6. The van der Waals surface area contributed by atoms with Crippen molar-refractivity contribution in [2.24, 2.45) is 0 Å². The first-order valence-corrected chi connectivity index (χ1v) is 8.83. The molecular formula is C21H27NO5. The van der Waals surface area contributed by atoms with Gasteiger partial charge in [0.2, 0.25) is 5.75 Å². The molecule has 1 amide bonds. The Balaban J connectivity index is 2.10. The van der Waals surface area contributed by atoms with Gasteiger partial charge in [-0.3, -0.25) is 4.79 Å². The number of carbonyl (C=O) groups is 1. The highest BCUT2D eigenvalue weighted by Gasteiger charge is 2.21. The molecule has 2 aromatic carbocycles. The van der Waals surface area contributed by atoms with Gasteiger partial charge in [-0.25, -0.2) is 0 Å². The van der Waals surface area contributed by atoms with E-state index < -0.39 is 6.10 Å². The average Bonchev–Trinajstić information content (AvgIpc) is 2.70. The second-order valence-electron chi connectivity index (χ2n) is 5.99. The van der Waals surface area contributed by atoms with Crippen molar-refractivity contribution in [3.05, 3.63) is 47.5 Å². The number of aryl methyl sites for hydroxylation is 1. The largest absolute Gasteiger partial charge is 0.493 e. The third-order valence-corrected chi connectivity index (χ3v) is 4.26. The van der Waals surface area contributed by atoms with E-state index in [1.165, 1.54) is 0 Å². The Morgan fingerprint density at radius 3 is 2.26 bits per heavy atom. The molecule has 6 heteroatoms. The van der Waals surface area contributed by atoms with Gasteiger partial charge in [-0.05, 0) is 37.1 Å². The van der Waals surface area contributed by atoms with Crippen molar-refractivity contribution in [3.63, 3.8) is 0 Å². The van der Waals surface area contributed by atoms with E-state index in [-0.39, 0.29) is 12.5 Å². The minimum Gasteiger partial charge on any atom is -0.493 e. The van der Waals surface area contributed by atoms with Gasteiger partial charge in [-0.2, -0.15) is 0 Å². The summed E-state index contributed by atoms with van der Waals surface area (Å²) in [6, 6.07) is 11.3. The minimum atomic E-state index is -0.572. The molecule has 1 atom stereocenters. The van der Waals surface area contributed by atoms with E-state index in [1.54, 1.807) is 27.4 Å². The third kappa shape index (κ3) is 4.84. The van der Waals surface area contributed by atoms with E-state index in [1.807, 2.05) is 44.2 Å². The van der Waals surface area contributed by atoms with Gasteiger partial charge in [0.25, 0.3) is 5.91 Å². The van der Waals surface area contributed by atoms with Crippen LogP contribution in [0.4, 0.5) is 0 Å². The Morgan fingerprint density at radius 1 is 0.963 bits per heavy atom. The van der Waals surface area contributed by atoms with Crippen LogP contribution in [0.2, 0.25) is 0 Å². The summed E-state index contributed by atoms with van der Waals surface area (Å²) in [4.78, 5) is 12.6. The number of hydrogen-bond acceptors (Lipinski definition) is 5. The zero-order valence-electron chi connectivity index (χ0n) is 16.5. The number of methoxy groups -OCH3 is 3. The molecule has 0 aliphatic rings. The van der Waals surface area contributed by atoms with Gasteiger partial charge in [-0.15, -0.1) is 0 Å². The first-order valence-electron chi connectivity index (χ1n) is 8.83. The van der Waals surface area contributed by atoms with Crippen molar-refractivity contribution in [2.45, 2.75) is 32.9 Å². The van der Waals surface area contributed by atoms with Crippen LogP contribution in [0.25, 0.3) is 0 Å². The molecule has 0 radical (unpaired) electrons. The van der Waals surface area contributed by atoms with E-state index in [2.05, 4.69) is 5.32 Å². The first kappa shape index (κ1) is 20.4. The quantitative estimate of drug-likeness (QED) is 0.729. The normalized spacial score (nSPS) is 11.4. The number of hydrogen-bond donors (Lipinski definition) is 1. The lowest BCUT2D eigenvalue weighted by Gasteiger charge is -2.20. The van der Waals surface area contributed by atoms with E-state index in [0.29, 0.717) is 29.4 Å². The Morgan fingerprint density at radius 2 is 1.67 bits per heavy atom. The minimum absolute atomic E-state index is 0.183. The summed E-state index contributed by atoms with van der Waals surface area (Å²) in [5, 5.41) is 2.91. The van der Waals surface area contributed by atoms with Gasteiger partial charge in [-0.1, -0.05) is 25.1 Å². The van der Waals surface area contributed by atoms with Crippen molar-refractivity contribution >= 4 is 5.91 Å². The predicted octanol–water partition coefficient (Wildman–Crippen LogP) is 3.49. The van der Waals surface area contributed by atoms with E-state index in [0.717, 1.165) is 11.1 Å². The summed E-state index contributed by atoms with van der Waals surface area (Å²) in [5.41, 5.74) is 1.78. The van der Waals surface area contributed by atoms with Gasteiger partial charge in [0.1, 0.15) is 5.75 Å². The fourth-order valence-corrected chi connectivity index (χ4v) is 2.76. The maximum Gasteiger partial charge on any atom is 0.261 e. The molecule has 0 spiro atoms. The molecule has 0 heterocycles. The smallest absolute Gasteiger partial charge is 0.261 e. The van der Waals surface area contributed by atoms with Gasteiger partial charge in [0.15, 0.2) is 17.6 Å². The lowest BCUT2D eigenvalue weighted by atomic mass is 10.1. The monoisotopic (exact) mass is 373 g/mol. The number of carbonyl (C=O) groups excluding carboxylic acids is 1. The standard InChI is InChI=1S/C21H27NO5/c1-6-16(27-17-10-8-7-9-14(17)2)21(23)22-13-15-11-12-18(24-3)20(26-5)19(15)25-4/h7-12,16H,6,13H2,1-5H3,(H,22,23). The van der Waals surface area contributed by atoms with Crippen molar-refractivity contribution in [3.8, 4) is 23.0 Å². The van der Waals surface area contributed by atoms with Crippen molar-refractivity contribution in [1.82, 2.24) is 5.32 Å². The van der Waals surface area contributed by atoms with Gasteiger partial charge in [0, 0.05) is 12.1 Å². The maximum atomic E-state index is 12.6. The molecule has 1 unspecified atom stereocenters. The molecule has 27 heavy (non-hydrogen) atoms. The molecule has 1 N–H and O–H groups in total. The molecule has 2 aromatic rings. The second-order valence-corrected chi connectivity index (χ2v) is 5.99. The summed E-state index contributed by atoms with van der Waals surface area (Å²) >= 11 is 0. The zero-order chi connectivity index (χ0) is 19.8. The topological polar surface area (TPSA) is 66.0 Å². The van der Waals surface area contributed by atoms with Crippen LogP contribution in [0.15, 0.2) is 36.4 Å². The van der Waals surface area contributed by atoms with Crippen molar-refractivity contribution in [2.75, 3.05) is 21.3 Å². The number of para-hydroxylation sites is 1. The van der Waals surface area contributed by atoms with Crippen molar-refractivity contribution < 1.29 is 23.7 Å². The molecule has 0 aliphatic heterocycles. The predicted molar refractivity (Wildman–Crippen MR) is 104 cm³/mol. The second kappa shape index (κ2) is 9.71. The molecule has 146 valence electrons. The van der Waals surface area contributed by atoms with Crippen LogP contribution in [-0.4, -0.2) is 33.3 Å². The average molecular weight is 373 g/mol. The molecule has 0 saturated carbocycles. The molecule has 0 fully saturated rings. The van der Waals surface area contributed by atoms with Crippen LogP contribution in [-0.2, 0) is 11.3 Å². The molecule has 2 rings (SSSR count). The van der Waals surface area contributed by atoms with Crippen LogP contribution in [0.3, 0.4) is 0 Å². The van der Waals surface area contributed by atoms with Gasteiger partial charge >= 0.3 is 0 Å². The lowest BCUT2D eigenvalue weighted by Crippen LogP contribution is -2.37. The van der Waals surface area contributed by atoms with Crippen LogP contribution >= 0.6 is 0 Å².